The van der Waals surface area contributed by atoms with E-state index in [1.54, 1.807) is 18.2 Å². The summed E-state index contributed by atoms with van der Waals surface area (Å²) < 4.78 is 4.96. The van der Waals surface area contributed by atoms with E-state index in [1.165, 1.54) is 26.4 Å². The molecule has 0 bridgehead atoms. The van der Waals surface area contributed by atoms with Crippen molar-refractivity contribution in [3.05, 3.63) is 41.7 Å². The van der Waals surface area contributed by atoms with Gasteiger partial charge in [0.25, 0.3) is 5.91 Å². The number of ether oxygens (including phenoxy) is 1. The summed E-state index contributed by atoms with van der Waals surface area (Å²) in [5.41, 5.74) is 2.31. The van der Waals surface area contributed by atoms with E-state index >= 15 is 0 Å². The van der Waals surface area contributed by atoms with Gasteiger partial charge in [-0.05, 0) is 23.8 Å². The molecule has 2 heterocycles. The lowest BCUT2D eigenvalue weighted by Gasteiger charge is -2.07. The fraction of sp³-hybridized carbons (Fsp3) is 0.125. The average Bonchev–Trinajstić information content (AvgIpc) is 3.03. The molecular formula is C16H14N4O4. The number of aromatic nitrogens is 3. The van der Waals surface area contributed by atoms with Gasteiger partial charge in [0.15, 0.2) is 5.69 Å². The molecule has 0 saturated heterocycles. The highest BCUT2D eigenvalue weighted by Gasteiger charge is 2.16. The summed E-state index contributed by atoms with van der Waals surface area (Å²) in [5, 5.41) is 19.3. The number of aromatic carboxylic acids is 1. The second kappa shape index (κ2) is 5.99. The fourth-order valence-electron chi connectivity index (χ4n) is 2.42. The SMILES string of the molecule is CNC(=O)c1n[nH]c2cc(-c3cnc(OC)c(C(=O)O)c3)ccc12. The maximum Gasteiger partial charge on any atom is 0.341 e. The highest BCUT2D eigenvalue weighted by Crippen LogP contribution is 2.27. The summed E-state index contributed by atoms with van der Waals surface area (Å²) in [4.78, 5) is 27.1. The topological polar surface area (TPSA) is 117 Å². The summed E-state index contributed by atoms with van der Waals surface area (Å²) >= 11 is 0. The number of nitrogens with one attached hydrogen (secondary N) is 2. The number of amides is 1. The molecule has 3 N–H and O–H groups in total. The van der Waals surface area contributed by atoms with E-state index in [2.05, 4.69) is 20.5 Å². The van der Waals surface area contributed by atoms with Crippen LogP contribution in [0.5, 0.6) is 5.88 Å². The number of hydrogen-bond acceptors (Lipinski definition) is 5. The molecule has 8 heteroatoms. The van der Waals surface area contributed by atoms with Gasteiger partial charge in [0.1, 0.15) is 5.56 Å². The minimum absolute atomic E-state index is 0.0224. The van der Waals surface area contributed by atoms with Crippen molar-refractivity contribution in [1.29, 1.82) is 0 Å². The van der Waals surface area contributed by atoms with Gasteiger partial charge in [-0.1, -0.05) is 6.07 Å². The number of pyridine rings is 1. The molecular weight excluding hydrogens is 312 g/mol. The Morgan fingerprint density at radius 2 is 2.04 bits per heavy atom. The summed E-state index contributed by atoms with van der Waals surface area (Å²) in [5.74, 6) is -1.35. The van der Waals surface area contributed by atoms with Gasteiger partial charge in [-0.2, -0.15) is 5.10 Å². The number of methoxy groups -OCH3 is 1. The van der Waals surface area contributed by atoms with Gasteiger partial charge in [0, 0.05) is 24.2 Å². The van der Waals surface area contributed by atoms with Gasteiger partial charge >= 0.3 is 5.97 Å². The molecule has 122 valence electrons. The molecule has 0 spiro atoms. The maximum absolute atomic E-state index is 11.8. The number of rotatable bonds is 4. The van der Waals surface area contributed by atoms with Crippen LogP contribution in [0.3, 0.4) is 0 Å². The van der Waals surface area contributed by atoms with Crippen LogP contribution in [-0.4, -0.2) is 46.3 Å². The molecule has 0 aliphatic heterocycles. The van der Waals surface area contributed by atoms with E-state index in [0.717, 1.165) is 5.56 Å². The molecule has 0 atom stereocenters. The molecule has 0 radical (unpaired) electrons. The summed E-state index contributed by atoms with van der Waals surface area (Å²) in [6, 6.07) is 6.80. The molecule has 0 aliphatic rings. The Bertz CT molecular complexity index is 948. The summed E-state index contributed by atoms with van der Waals surface area (Å²) in [6.07, 6.45) is 1.53. The Morgan fingerprint density at radius 1 is 1.25 bits per heavy atom. The molecule has 3 rings (SSSR count). The zero-order valence-corrected chi connectivity index (χ0v) is 13.0. The van der Waals surface area contributed by atoms with Gasteiger partial charge in [-0.25, -0.2) is 9.78 Å². The Labute approximate surface area is 136 Å². The predicted octanol–water partition coefficient (Wildman–Crippen LogP) is 1.69. The van der Waals surface area contributed by atoms with E-state index in [-0.39, 0.29) is 17.4 Å². The lowest BCUT2D eigenvalue weighted by Crippen LogP contribution is -2.18. The molecule has 3 aromatic rings. The quantitative estimate of drug-likeness (QED) is 0.671. The first kappa shape index (κ1) is 15.5. The number of aromatic amines is 1. The van der Waals surface area contributed by atoms with Crippen molar-refractivity contribution in [3.8, 4) is 17.0 Å². The van der Waals surface area contributed by atoms with Crippen LogP contribution in [0.1, 0.15) is 20.8 Å². The number of carbonyl (C=O) groups excluding carboxylic acids is 1. The molecule has 8 nitrogen and oxygen atoms in total. The monoisotopic (exact) mass is 326 g/mol. The van der Waals surface area contributed by atoms with Crippen LogP contribution in [0.4, 0.5) is 0 Å². The fourth-order valence-corrected chi connectivity index (χ4v) is 2.42. The van der Waals surface area contributed by atoms with E-state index < -0.39 is 5.97 Å². The van der Waals surface area contributed by atoms with E-state index in [4.69, 9.17) is 4.74 Å². The minimum atomic E-state index is -1.12. The lowest BCUT2D eigenvalue weighted by molar-refractivity contribution is 0.0692. The van der Waals surface area contributed by atoms with E-state index in [9.17, 15) is 14.7 Å². The standard InChI is InChI=1S/C16H14N4O4/c1-17-14(21)13-10-4-3-8(6-12(10)19-20-13)9-5-11(16(22)23)15(24-2)18-7-9/h3-7H,1-2H3,(H,17,21)(H,19,20)(H,22,23). The Balaban J connectivity index is 2.09. The first-order valence-electron chi connectivity index (χ1n) is 7.03. The smallest absolute Gasteiger partial charge is 0.341 e. The summed E-state index contributed by atoms with van der Waals surface area (Å²) in [7, 11) is 2.90. The molecule has 2 aromatic heterocycles. The number of fused-ring (bicyclic) bond motifs is 1. The molecule has 0 aliphatic carbocycles. The second-order valence-electron chi connectivity index (χ2n) is 5.00. The van der Waals surface area contributed by atoms with E-state index in [0.29, 0.717) is 22.2 Å². The number of H-pyrrole nitrogens is 1. The number of carboxylic acid groups (broad SMARTS) is 1. The third kappa shape index (κ3) is 2.54. The zero-order chi connectivity index (χ0) is 17.3. The molecule has 0 fully saturated rings. The van der Waals surface area contributed by atoms with Crippen molar-refractivity contribution in [1.82, 2.24) is 20.5 Å². The van der Waals surface area contributed by atoms with Gasteiger partial charge in [-0.3, -0.25) is 9.89 Å². The summed E-state index contributed by atoms with van der Waals surface area (Å²) in [6.45, 7) is 0. The predicted molar refractivity (Wildman–Crippen MR) is 86.2 cm³/mol. The van der Waals surface area contributed by atoms with Crippen molar-refractivity contribution in [3.63, 3.8) is 0 Å². The highest BCUT2D eigenvalue weighted by molar-refractivity contribution is 6.05. The maximum atomic E-state index is 11.8. The highest BCUT2D eigenvalue weighted by atomic mass is 16.5. The van der Waals surface area contributed by atoms with Gasteiger partial charge in [-0.15, -0.1) is 0 Å². The van der Waals surface area contributed by atoms with Crippen molar-refractivity contribution >= 4 is 22.8 Å². The molecule has 1 amide bonds. The third-order valence-corrected chi connectivity index (χ3v) is 3.61. The number of carbonyl (C=O) groups is 2. The Morgan fingerprint density at radius 3 is 2.71 bits per heavy atom. The van der Waals surface area contributed by atoms with Crippen LogP contribution in [-0.2, 0) is 0 Å². The van der Waals surface area contributed by atoms with E-state index in [1.807, 2.05) is 0 Å². The van der Waals surface area contributed by atoms with Crippen molar-refractivity contribution in [2.45, 2.75) is 0 Å². The molecule has 1 aromatic carbocycles. The first-order valence-corrected chi connectivity index (χ1v) is 7.03. The van der Waals surface area contributed by atoms with Gasteiger partial charge in [0.05, 0.1) is 12.6 Å². The van der Waals surface area contributed by atoms with Crippen LogP contribution in [0.2, 0.25) is 0 Å². The Kier molecular flexibility index (Phi) is 3.87. The van der Waals surface area contributed by atoms with Crippen LogP contribution < -0.4 is 10.1 Å². The van der Waals surface area contributed by atoms with Crippen molar-refractivity contribution in [2.24, 2.45) is 0 Å². The second-order valence-corrected chi connectivity index (χ2v) is 5.00. The van der Waals surface area contributed by atoms with Gasteiger partial charge < -0.3 is 15.2 Å². The first-order chi connectivity index (χ1) is 11.5. The van der Waals surface area contributed by atoms with Crippen molar-refractivity contribution < 1.29 is 19.4 Å². The molecule has 24 heavy (non-hydrogen) atoms. The number of nitrogens with zero attached hydrogens (tertiary/aromatic N) is 2. The average molecular weight is 326 g/mol. The minimum Gasteiger partial charge on any atom is -0.480 e. The number of carboxylic acids is 1. The lowest BCUT2D eigenvalue weighted by atomic mass is 10.0. The Hall–Kier alpha value is -3.42. The van der Waals surface area contributed by atoms with Crippen molar-refractivity contribution in [2.75, 3.05) is 14.2 Å². The largest absolute Gasteiger partial charge is 0.480 e. The molecule has 0 unspecified atom stereocenters. The normalized spacial score (nSPS) is 10.6. The van der Waals surface area contributed by atoms with Crippen LogP contribution in [0.25, 0.3) is 22.0 Å². The number of benzene rings is 1. The van der Waals surface area contributed by atoms with Crippen LogP contribution in [0.15, 0.2) is 30.5 Å². The van der Waals surface area contributed by atoms with Crippen LogP contribution >= 0.6 is 0 Å². The van der Waals surface area contributed by atoms with Crippen LogP contribution in [0, 0.1) is 0 Å². The zero-order valence-electron chi connectivity index (χ0n) is 13.0. The number of hydrogen-bond donors (Lipinski definition) is 3. The van der Waals surface area contributed by atoms with Gasteiger partial charge in [0.2, 0.25) is 5.88 Å². The molecule has 0 saturated carbocycles. The third-order valence-electron chi connectivity index (χ3n) is 3.61.